The van der Waals surface area contributed by atoms with E-state index in [0.717, 1.165) is 6.42 Å². The van der Waals surface area contributed by atoms with Crippen molar-refractivity contribution in [3.05, 3.63) is 71.0 Å². The second-order valence-corrected chi connectivity index (χ2v) is 5.82. The van der Waals surface area contributed by atoms with E-state index in [4.69, 9.17) is 0 Å². The van der Waals surface area contributed by atoms with Crippen molar-refractivity contribution < 1.29 is 14.0 Å². The van der Waals surface area contributed by atoms with Crippen molar-refractivity contribution in [3.63, 3.8) is 0 Å². The van der Waals surface area contributed by atoms with Crippen LogP contribution < -0.4 is 5.32 Å². The minimum absolute atomic E-state index is 0.267. The molecule has 0 unspecified atom stereocenters. The van der Waals surface area contributed by atoms with E-state index in [2.05, 4.69) is 19.2 Å². The average molecular weight is 313 g/mol. The Bertz CT molecular complexity index is 693. The summed E-state index contributed by atoms with van der Waals surface area (Å²) in [7, 11) is 0. The molecule has 0 aliphatic rings. The lowest BCUT2D eigenvalue weighted by Gasteiger charge is -2.10. The van der Waals surface area contributed by atoms with E-state index in [-0.39, 0.29) is 11.7 Å². The average Bonchev–Trinajstić information content (AvgIpc) is 2.54. The second kappa shape index (κ2) is 7.68. The van der Waals surface area contributed by atoms with Crippen molar-refractivity contribution in [2.45, 2.75) is 20.3 Å². The highest BCUT2D eigenvalue weighted by molar-refractivity contribution is 6.15. The molecule has 2 aromatic carbocycles. The molecule has 0 aliphatic carbocycles. The van der Waals surface area contributed by atoms with Gasteiger partial charge >= 0.3 is 0 Å². The number of nitrogens with one attached hydrogen (secondary N) is 1. The predicted molar refractivity (Wildman–Crippen MR) is 88.1 cm³/mol. The summed E-state index contributed by atoms with van der Waals surface area (Å²) < 4.78 is 13.0. The maximum atomic E-state index is 13.0. The van der Waals surface area contributed by atoms with Crippen molar-refractivity contribution in [3.8, 4) is 0 Å². The van der Waals surface area contributed by atoms with Crippen molar-refractivity contribution in [2.24, 2.45) is 5.92 Å². The van der Waals surface area contributed by atoms with Gasteiger partial charge in [-0.1, -0.05) is 32.0 Å². The number of benzene rings is 2. The first-order valence-electron chi connectivity index (χ1n) is 7.66. The molecule has 23 heavy (non-hydrogen) atoms. The Morgan fingerprint density at radius 1 is 1.00 bits per heavy atom. The number of halogens is 1. The van der Waals surface area contributed by atoms with Crippen LogP contribution in [0.2, 0.25) is 0 Å². The summed E-state index contributed by atoms with van der Waals surface area (Å²) in [5.41, 5.74) is 1.01. The van der Waals surface area contributed by atoms with Gasteiger partial charge in [0.05, 0.1) is 5.56 Å². The van der Waals surface area contributed by atoms with E-state index < -0.39 is 5.82 Å². The molecule has 0 fully saturated rings. The van der Waals surface area contributed by atoms with Crippen molar-refractivity contribution in [2.75, 3.05) is 6.54 Å². The summed E-state index contributed by atoms with van der Waals surface area (Å²) in [4.78, 5) is 24.9. The summed E-state index contributed by atoms with van der Waals surface area (Å²) in [5.74, 6) is -0.469. The van der Waals surface area contributed by atoms with Gasteiger partial charge in [-0.05, 0) is 42.7 Å². The summed E-state index contributed by atoms with van der Waals surface area (Å²) in [6.07, 6.45) is 0.875. The number of hydrogen-bond acceptors (Lipinski definition) is 2. The number of hydrogen-bond donors (Lipinski definition) is 1. The highest BCUT2D eigenvalue weighted by atomic mass is 19.1. The number of rotatable bonds is 6. The van der Waals surface area contributed by atoms with E-state index in [9.17, 15) is 14.0 Å². The topological polar surface area (TPSA) is 46.2 Å². The molecule has 2 aromatic rings. The first-order chi connectivity index (χ1) is 11.0. The zero-order valence-corrected chi connectivity index (χ0v) is 13.3. The third kappa shape index (κ3) is 4.49. The van der Waals surface area contributed by atoms with E-state index in [1.165, 1.54) is 24.3 Å². The van der Waals surface area contributed by atoms with E-state index in [0.29, 0.717) is 29.2 Å². The molecular weight excluding hydrogens is 293 g/mol. The molecule has 0 radical (unpaired) electrons. The minimum atomic E-state index is -0.402. The molecule has 120 valence electrons. The lowest BCUT2D eigenvalue weighted by Crippen LogP contribution is -2.27. The second-order valence-electron chi connectivity index (χ2n) is 5.82. The van der Waals surface area contributed by atoms with Crippen LogP contribution >= 0.6 is 0 Å². The predicted octanol–water partition coefficient (Wildman–Crippen LogP) is 3.83. The van der Waals surface area contributed by atoms with Crippen molar-refractivity contribution in [1.82, 2.24) is 5.32 Å². The highest BCUT2D eigenvalue weighted by Gasteiger charge is 2.17. The molecule has 2 rings (SSSR count). The Labute approximate surface area is 135 Å². The van der Waals surface area contributed by atoms with Crippen LogP contribution in [0.3, 0.4) is 0 Å². The Kier molecular flexibility index (Phi) is 5.63. The summed E-state index contributed by atoms with van der Waals surface area (Å²) >= 11 is 0. The molecule has 0 aliphatic heterocycles. The van der Waals surface area contributed by atoms with Gasteiger partial charge in [0.15, 0.2) is 5.78 Å². The molecule has 0 saturated carbocycles. The van der Waals surface area contributed by atoms with Gasteiger partial charge < -0.3 is 5.32 Å². The van der Waals surface area contributed by atoms with Gasteiger partial charge in [-0.25, -0.2) is 4.39 Å². The van der Waals surface area contributed by atoms with Gasteiger partial charge in [-0.15, -0.1) is 0 Å². The van der Waals surface area contributed by atoms with Crippen LogP contribution in [0.5, 0.6) is 0 Å². The highest BCUT2D eigenvalue weighted by Crippen LogP contribution is 2.15. The smallest absolute Gasteiger partial charge is 0.252 e. The van der Waals surface area contributed by atoms with Crippen molar-refractivity contribution >= 4 is 11.7 Å². The fraction of sp³-hybridized carbons (Fsp3) is 0.263. The van der Waals surface area contributed by atoms with Gasteiger partial charge in [-0.2, -0.15) is 0 Å². The summed E-state index contributed by atoms with van der Waals surface area (Å²) in [6, 6.07) is 12.0. The Balaban J connectivity index is 2.21. The first kappa shape index (κ1) is 16.9. The SMILES string of the molecule is CC(C)CCNC(=O)c1ccccc1C(=O)c1ccc(F)cc1. The van der Waals surface area contributed by atoms with Crippen LogP contribution in [0.4, 0.5) is 4.39 Å². The van der Waals surface area contributed by atoms with Crippen LogP contribution in [0.25, 0.3) is 0 Å². The fourth-order valence-corrected chi connectivity index (χ4v) is 2.21. The summed E-state index contributed by atoms with van der Waals surface area (Å²) in [5, 5.41) is 2.83. The number of carbonyl (C=O) groups excluding carboxylic acids is 2. The van der Waals surface area contributed by atoms with Gasteiger partial charge in [0.1, 0.15) is 5.82 Å². The molecule has 0 saturated heterocycles. The fourth-order valence-electron chi connectivity index (χ4n) is 2.21. The maximum absolute atomic E-state index is 13.0. The quantitative estimate of drug-likeness (QED) is 0.824. The van der Waals surface area contributed by atoms with E-state index >= 15 is 0 Å². The standard InChI is InChI=1S/C19H20FNO2/c1-13(2)11-12-21-19(23)17-6-4-3-5-16(17)18(22)14-7-9-15(20)10-8-14/h3-10,13H,11-12H2,1-2H3,(H,21,23). The van der Waals surface area contributed by atoms with Gasteiger partial charge in [0, 0.05) is 17.7 Å². The van der Waals surface area contributed by atoms with Crippen LogP contribution in [-0.2, 0) is 0 Å². The third-order valence-electron chi connectivity index (χ3n) is 3.53. The lowest BCUT2D eigenvalue weighted by molar-refractivity contribution is 0.0940. The van der Waals surface area contributed by atoms with Crippen LogP contribution in [-0.4, -0.2) is 18.2 Å². The van der Waals surface area contributed by atoms with Crippen LogP contribution in [0.15, 0.2) is 48.5 Å². The monoisotopic (exact) mass is 313 g/mol. The van der Waals surface area contributed by atoms with Crippen molar-refractivity contribution in [1.29, 1.82) is 0 Å². The van der Waals surface area contributed by atoms with E-state index in [1.54, 1.807) is 24.3 Å². The normalized spacial score (nSPS) is 10.6. The first-order valence-corrected chi connectivity index (χ1v) is 7.66. The molecule has 0 heterocycles. The Morgan fingerprint density at radius 2 is 1.61 bits per heavy atom. The molecule has 0 atom stereocenters. The zero-order valence-electron chi connectivity index (χ0n) is 13.3. The van der Waals surface area contributed by atoms with Crippen LogP contribution in [0.1, 0.15) is 46.5 Å². The molecular formula is C19H20FNO2. The zero-order chi connectivity index (χ0) is 16.8. The number of ketones is 1. The Morgan fingerprint density at radius 3 is 2.22 bits per heavy atom. The number of amides is 1. The maximum Gasteiger partial charge on any atom is 0.252 e. The van der Waals surface area contributed by atoms with Crippen LogP contribution in [0, 0.1) is 11.7 Å². The largest absolute Gasteiger partial charge is 0.352 e. The molecule has 3 nitrogen and oxygen atoms in total. The summed E-state index contributed by atoms with van der Waals surface area (Å²) in [6.45, 7) is 4.73. The minimum Gasteiger partial charge on any atom is -0.352 e. The van der Waals surface area contributed by atoms with Gasteiger partial charge in [0.2, 0.25) is 0 Å². The Hall–Kier alpha value is -2.49. The van der Waals surface area contributed by atoms with Gasteiger partial charge in [-0.3, -0.25) is 9.59 Å². The molecule has 1 N–H and O–H groups in total. The molecule has 4 heteroatoms. The molecule has 1 amide bonds. The number of carbonyl (C=O) groups is 2. The molecule has 0 aromatic heterocycles. The van der Waals surface area contributed by atoms with E-state index in [1.807, 2.05) is 0 Å². The molecule has 0 bridgehead atoms. The lowest BCUT2D eigenvalue weighted by atomic mass is 9.98. The van der Waals surface area contributed by atoms with Gasteiger partial charge in [0.25, 0.3) is 5.91 Å². The molecule has 0 spiro atoms. The third-order valence-corrected chi connectivity index (χ3v) is 3.53.